The number of anilines is 3. The van der Waals surface area contributed by atoms with Gasteiger partial charge in [-0.2, -0.15) is 0 Å². The van der Waals surface area contributed by atoms with Crippen molar-refractivity contribution in [1.29, 1.82) is 0 Å². The Labute approximate surface area is 135 Å². The highest BCUT2D eigenvalue weighted by Gasteiger charge is 2.11. The van der Waals surface area contributed by atoms with Gasteiger partial charge in [-0.05, 0) is 36.2 Å². The molecule has 3 rings (SSSR count). The van der Waals surface area contributed by atoms with E-state index in [1.165, 1.54) is 11.6 Å². The zero-order valence-electron chi connectivity index (χ0n) is 12.9. The molecule has 0 aliphatic carbocycles. The average Bonchev–Trinajstić information content (AvgIpc) is 2.54. The van der Waals surface area contributed by atoms with Crippen molar-refractivity contribution in [1.82, 2.24) is 0 Å². The lowest BCUT2D eigenvalue weighted by atomic mass is 9.96. The van der Waals surface area contributed by atoms with Crippen LogP contribution in [0.1, 0.15) is 5.56 Å². The number of nitrogen functional groups attached to an aromatic ring is 3. The lowest BCUT2D eigenvalue weighted by molar-refractivity contribution is 0.478. The summed E-state index contributed by atoms with van der Waals surface area (Å²) in [5.74, 6) is -0.0181. The van der Waals surface area contributed by atoms with Crippen LogP contribution in [0.2, 0.25) is 0 Å². The van der Waals surface area contributed by atoms with Crippen LogP contribution in [0.5, 0.6) is 5.75 Å². The molecule has 4 nitrogen and oxygen atoms in total. The molecule has 0 fully saturated rings. The molecule has 0 unspecified atom stereocenters. The molecule has 0 saturated heterocycles. The zero-order valence-corrected chi connectivity index (χ0v) is 12.9. The molecule has 0 bridgehead atoms. The van der Waals surface area contributed by atoms with Crippen LogP contribution in [-0.4, -0.2) is 5.11 Å². The Hall–Kier alpha value is -3.14. The van der Waals surface area contributed by atoms with E-state index in [9.17, 15) is 5.11 Å². The summed E-state index contributed by atoms with van der Waals surface area (Å²) in [7, 11) is 0. The molecule has 3 aromatic carbocycles. The highest BCUT2D eigenvalue weighted by molar-refractivity contribution is 5.90. The number of aromatic hydroxyl groups is 1. The van der Waals surface area contributed by atoms with Gasteiger partial charge < -0.3 is 22.3 Å². The van der Waals surface area contributed by atoms with Crippen LogP contribution in [0.3, 0.4) is 0 Å². The third kappa shape index (κ3) is 2.66. The predicted octanol–water partition coefficient (Wildman–Crippen LogP) is 3.78. The summed E-state index contributed by atoms with van der Waals surface area (Å²) < 4.78 is 0. The van der Waals surface area contributed by atoms with E-state index in [1.54, 1.807) is 6.07 Å². The first kappa shape index (κ1) is 14.8. The normalized spacial score (nSPS) is 10.7. The SMILES string of the molecule is Cc1ccc(-c2ccc(-c3ccc(O)c(N)c3N)cc2N)cc1. The number of aryl methyl sites for hydroxylation is 1. The Kier molecular flexibility index (Phi) is 3.58. The van der Waals surface area contributed by atoms with Crippen molar-refractivity contribution in [2.75, 3.05) is 17.2 Å². The maximum absolute atomic E-state index is 9.61. The Balaban J connectivity index is 2.06. The first-order valence-electron chi connectivity index (χ1n) is 7.31. The molecule has 23 heavy (non-hydrogen) atoms. The molecule has 0 radical (unpaired) electrons. The molecule has 0 spiro atoms. The number of phenols is 1. The van der Waals surface area contributed by atoms with Crippen LogP contribution in [0.15, 0.2) is 54.6 Å². The number of benzene rings is 3. The maximum atomic E-state index is 9.61. The minimum atomic E-state index is -0.0181. The summed E-state index contributed by atoms with van der Waals surface area (Å²) >= 11 is 0. The van der Waals surface area contributed by atoms with Crippen molar-refractivity contribution in [3.05, 3.63) is 60.2 Å². The van der Waals surface area contributed by atoms with Crippen molar-refractivity contribution in [3.8, 4) is 28.0 Å². The molecule has 7 N–H and O–H groups in total. The van der Waals surface area contributed by atoms with Gasteiger partial charge in [0, 0.05) is 16.8 Å². The van der Waals surface area contributed by atoms with Crippen LogP contribution in [0.4, 0.5) is 17.1 Å². The van der Waals surface area contributed by atoms with E-state index in [4.69, 9.17) is 17.2 Å². The molecule has 3 aromatic rings. The monoisotopic (exact) mass is 305 g/mol. The van der Waals surface area contributed by atoms with Crippen molar-refractivity contribution in [2.45, 2.75) is 6.92 Å². The van der Waals surface area contributed by atoms with Crippen molar-refractivity contribution in [3.63, 3.8) is 0 Å². The number of hydrogen-bond acceptors (Lipinski definition) is 4. The molecule has 0 amide bonds. The van der Waals surface area contributed by atoms with Gasteiger partial charge in [-0.1, -0.05) is 42.0 Å². The average molecular weight is 305 g/mol. The van der Waals surface area contributed by atoms with E-state index in [0.29, 0.717) is 11.4 Å². The summed E-state index contributed by atoms with van der Waals surface area (Å²) in [6.07, 6.45) is 0. The molecular formula is C19H19N3O. The van der Waals surface area contributed by atoms with Gasteiger partial charge in [0.25, 0.3) is 0 Å². The van der Waals surface area contributed by atoms with Crippen LogP contribution in [0.25, 0.3) is 22.3 Å². The molecule has 4 heteroatoms. The van der Waals surface area contributed by atoms with Gasteiger partial charge in [0.1, 0.15) is 5.75 Å². The van der Waals surface area contributed by atoms with Crippen molar-refractivity contribution in [2.24, 2.45) is 0 Å². The van der Waals surface area contributed by atoms with E-state index in [2.05, 4.69) is 12.1 Å². The molecular weight excluding hydrogens is 286 g/mol. The zero-order chi connectivity index (χ0) is 16.6. The minimum Gasteiger partial charge on any atom is -0.506 e. The van der Waals surface area contributed by atoms with Crippen LogP contribution < -0.4 is 17.2 Å². The fourth-order valence-corrected chi connectivity index (χ4v) is 2.60. The lowest BCUT2D eigenvalue weighted by Gasteiger charge is -2.13. The molecule has 0 saturated carbocycles. The number of phenolic OH excluding ortho intramolecular Hbond substituents is 1. The largest absolute Gasteiger partial charge is 0.506 e. The predicted molar refractivity (Wildman–Crippen MR) is 97.0 cm³/mol. The molecule has 0 aliphatic rings. The Morgan fingerprint density at radius 2 is 1.30 bits per heavy atom. The second-order valence-electron chi connectivity index (χ2n) is 5.63. The maximum Gasteiger partial charge on any atom is 0.140 e. The molecule has 0 atom stereocenters. The Morgan fingerprint density at radius 3 is 1.96 bits per heavy atom. The van der Waals surface area contributed by atoms with E-state index in [0.717, 1.165) is 22.3 Å². The number of hydrogen-bond donors (Lipinski definition) is 4. The summed E-state index contributed by atoms with van der Waals surface area (Å²) in [5.41, 5.74) is 24.1. The van der Waals surface area contributed by atoms with Crippen LogP contribution >= 0.6 is 0 Å². The molecule has 0 aromatic heterocycles. The quantitative estimate of drug-likeness (QED) is 0.428. The van der Waals surface area contributed by atoms with Gasteiger partial charge in [-0.25, -0.2) is 0 Å². The van der Waals surface area contributed by atoms with Gasteiger partial charge in [0.2, 0.25) is 0 Å². The number of rotatable bonds is 2. The lowest BCUT2D eigenvalue weighted by Crippen LogP contribution is -1.98. The first-order valence-corrected chi connectivity index (χ1v) is 7.31. The van der Waals surface area contributed by atoms with Gasteiger partial charge in [-0.15, -0.1) is 0 Å². The van der Waals surface area contributed by atoms with Gasteiger partial charge in [0.05, 0.1) is 11.4 Å². The second kappa shape index (κ2) is 5.57. The second-order valence-corrected chi connectivity index (χ2v) is 5.63. The fourth-order valence-electron chi connectivity index (χ4n) is 2.60. The molecule has 0 heterocycles. The van der Waals surface area contributed by atoms with E-state index >= 15 is 0 Å². The third-order valence-electron chi connectivity index (χ3n) is 3.99. The Bertz CT molecular complexity index is 871. The van der Waals surface area contributed by atoms with Gasteiger partial charge in [0.15, 0.2) is 0 Å². The molecule has 0 aliphatic heterocycles. The van der Waals surface area contributed by atoms with Crippen LogP contribution in [0, 0.1) is 6.92 Å². The summed E-state index contributed by atoms with van der Waals surface area (Å²) in [4.78, 5) is 0. The van der Waals surface area contributed by atoms with Crippen LogP contribution in [-0.2, 0) is 0 Å². The summed E-state index contributed by atoms with van der Waals surface area (Å²) in [5, 5.41) is 9.61. The first-order chi connectivity index (χ1) is 11.0. The number of nitrogens with two attached hydrogens (primary N) is 3. The standard InChI is InChI=1S/C19H19N3O/c1-11-2-4-12(5-3-11)14-7-6-13(10-16(14)20)15-8-9-17(23)19(22)18(15)21/h2-10,23H,20-22H2,1H3. The van der Waals surface area contributed by atoms with Gasteiger partial charge >= 0.3 is 0 Å². The van der Waals surface area contributed by atoms with E-state index in [-0.39, 0.29) is 11.4 Å². The smallest absolute Gasteiger partial charge is 0.140 e. The van der Waals surface area contributed by atoms with E-state index in [1.807, 2.05) is 37.3 Å². The Morgan fingerprint density at radius 1 is 0.696 bits per heavy atom. The molecule has 116 valence electrons. The fraction of sp³-hybridized carbons (Fsp3) is 0.0526. The summed E-state index contributed by atoms with van der Waals surface area (Å²) in [6.45, 7) is 2.05. The minimum absolute atomic E-state index is 0.0181. The van der Waals surface area contributed by atoms with Crippen molar-refractivity contribution < 1.29 is 5.11 Å². The highest BCUT2D eigenvalue weighted by Crippen LogP contribution is 2.38. The highest BCUT2D eigenvalue weighted by atomic mass is 16.3. The third-order valence-corrected chi connectivity index (χ3v) is 3.99. The van der Waals surface area contributed by atoms with Gasteiger partial charge in [-0.3, -0.25) is 0 Å². The van der Waals surface area contributed by atoms with Crippen molar-refractivity contribution >= 4 is 17.1 Å². The summed E-state index contributed by atoms with van der Waals surface area (Å²) in [6, 6.07) is 17.3. The topological polar surface area (TPSA) is 98.3 Å². The van der Waals surface area contributed by atoms with E-state index < -0.39 is 0 Å².